The smallest absolute Gasteiger partial charge is 0.263 e. The van der Waals surface area contributed by atoms with Crippen LogP contribution in [-0.2, 0) is 4.79 Å². The van der Waals surface area contributed by atoms with Gasteiger partial charge in [-0.15, -0.1) is 0 Å². The van der Waals surface area contributed by atoms with Crippen LogP contribution in [0.3, 0.4) is 0 Å². The summed E-state index contributed by atoms with van der Waals surface area (Å²) < 4.78 is 11.9. The molecule has 7 heteroatoms. The lowest BCUT2D eigenvalue weighted by Gasteiger charge is -2.11. The van der Waals surface area contributed by atoms with E-state index in [2.05, 4.69) is 21.2 Å². The van der Waals surface area contributed by atoms with Crippen LogP contribution < -0.4 is 14.8 Å². The van der Waals surface area contributed by atoms with Gasteiger partial charge in [-0.1, -0.05) is 39.9 Å². The Morgan fingerprint density at radius 1 is 1.37 bits per heavy atom. The molecule has 1 fully saturated rings. The minimum atomic E-state index is -0.198. The molecule has 1 aliphatic rings. The molecule has 1 saturated heterocycles. The van der Waals surface area contributed by atoms with Crippen LogP contribution in [0.1, 0.15) is 5.56 Å². The van der Waals surface area contributed by atoms with Crippen molar-refractivity contribution in [3.05, 3.63) is 27.1 Å². The second-order valence-electron chi connectivity index (χ2n) is 3.58. The van der Waals surface area contributed by atoms with Gasteiger partial charge in [0.2, 0.25) is 0 Å². The van der Waals surface area contributed by atoms with Gasteiger partial charge in [-0.3, -0.25) is 4.79 Å². The van der Waals surface area contributed by atoms with E-state index in [0.717, 1.165) is 10.0 Å². The van der Waals surface area contributed by atoms with Crippen LogP contribution in [0.4, 0.5) is 0 Å². The van der Waals surface area contributed by atoms with Gasteiger partial charge in [0.25, 0.3) is 5.91 Å². The third-order valence-corrected chi connectivity index (χ3v) is 4.02. The zero-order chi connectivity index (χ0) is 14.0. The Hall–Kier alpha value is -1.05. The first kappa shape index (κ1) is 14.4. The average Bonchev–Trinajstić information content (AvgIpc) is 2.67. The molecule has 1 aromatic carbocycles. The van der Waals surface area contributed by atoms with E-state index in [1.54, 1.807) is 26.4 Å². The minimum absolute atomic E-state index is 0.198. The molecule has 0 saturated carbocycles. The quantitative estimate of drug-likeness (QED) is 0.664. The SMILES string of the molecule is COc1cc(Br)cc(/C=C2/SC(=S)NC2=O)c1OC. The summed E-state index contributed by atoms with van der Waals surface area (Å²) in [4.78, 5) is 12.2. The van der Waals surface area contributed by atoms with Crippen LogP contribution in [0.15, 0.2) is 21.5 Å². The van der Waals surface area contributed by atoms with Crippen molar-refractivity contribution in [2.45, 2.75) is 0 Å². The molecule has 0 aromatic heterocycles. The molecule has 1 aliphatic heterocycles. The van der Waals surface area contributed by atoms with E-state index in [1.165, 1.54) is 11.8 Å². The summed E-state index contributed by atoms with van der Waals surface area (Å²) in [5.74, 6) is 0.968. The summed E-state index contributed by atoms with van der Waals surface area (Å²) in [6.45, 7) is 0. The van der Waals surface area contributed by atoms with E-state index in [-0.39, 0.29) is 5.91 Å². The first-order valence-corrected chi connectivity index (χ1v) is 7.23. The summed E-state index contributed by atoms with van der Waals surface area (Å²) in [5.41, 5.74) is 0.746. The number of methoxy groups -OCH3 is 2. The maximum absolute atomic E-state index is 11.7. The highest BCUT2D eigenvalue weighted by Gasteiger charge is 2.23. The molecular formula is C12H10BrNO3S2. The predicted molar refractivity (Wildman–Crippen MR) is 83.6 cm³/mol. The molecule has 1 heterocycles. The topological polar surface area (TPSA) is 47.6 Å². The highest BCUT2D eigenvalue weighted by molar-refractivity contribution is 9.10. The summed E-state index contributed by atoms with van der Waals surface area (Å²) in [7, 11) is 3.12. The number of hydrogen-bond donors (Lipinski definition) is 1. The average molecular weight is 360 g/mol. The van der Waals surface area contributed by atoms with Gasteiger partial charge in [-0.25, -0.2) is 0 Å². The molecule has 0 atom stereocenters. The maximum Gasteiger partial charge on any atom is 0.263 e. The first-order valence-electron chi connectivity index (χ1n) is 5.21. The number of thioether (sulfide) groups is 1. The van der Waals surface area contributed by atoms with Gasteiger partial charge in [0.1, 0.15) is 4.32 Å². The Morgan fingerprint density at radius 3 is 2.63 bits per heavy atom. The Morgan fingerprint density at radius 2 is 2.11 bits per heavy atom. The van der Waals surface area contributed by atoms with Crippen LogP contribution in [0, 0.1) is 0 Å². The van der Waals surface area contributed by atoms with Crippen molar-refractivity contribution in [1.29, 1.82) is 0 Å². The van der Waals surface area contributed by atoms with Crippen molar-refractivity contribution < 1.29 is 14.3 Å². The largest absolute Gasteiger partial charge is 0.493 e. The van der Waals surface area contributed by atoms with Gasteiger partial charge < -0.3 is 14.8 Å². The number of nitrogens with one attached hydrogen (secondary N) is 1. The van der Waals surface area contributed by atoms with Crippen molar-refractivity contribution >= 4 is 56.2 Å². The molecule has 2 rings (SSSR count). The van der Waals surface area contributed by atoms with Crippen molar-refractivity contribution in [1.82, 2.24) is 5.32 Å². The number of carbonyl (C=O) groups is 1. The zero-order valence-corrected chi connectivity index (χ0v) is 13.4. The molecule has 1 amide bonds. The standard InChI is InChI=1S/C12H10BrNO3S2/c1-16-8-5-7(13)3-6(10(8)17-2)4-9-11(15)14-12(18)19-9/h3-5H,1-2H3,(H,14,15,18)/b9-4+. The van der Waals surface area contributed by atoms with Crippen LogP contribution in [0.25, 0.3) is 6.08 Å². The van der Waals surface area contributed by atoms with E-state index in [1.807, 2.05) is 6.07 Å². The summed E-state index contributed by atoms with van der Waals surface area (Å²) in [6.07, 6.45) is 1.73. The van der Waals surface area contributed by atoms with Crippen molar-refractivity contribution in [3.8, 4) is 11.5 Å². The molecule has 19 heavy (non-hydrogen) atoms. The number of carbonyl (C=O) groups excluding carboxylic acids is 1. The first-order chi connectivity index (χ1) is 9.05. The molecule has 0 spiro atoms. The fourth-order valence-electron chi connectivity index (χ4n) is 1.63. The van der Waals surface area contributed by atoms with Crippen LogP contribution in [0.5, 0.6) is 11.5 Å². The highest BCUT2D eigenvalue weighted by Crippen LogP contribution is 2.37. The molecule has 100 valence electrons. The monoisotopic (exact) mass is 359 g/mol. The maximum atomic E-state index is 11.7. The molecular weight excluding hydrogens is 350 g/mol. The summed E-state index contributed by atoms with van der Waals surface area (Å²) in [6, 6.07) is 3.65. The Balaban J connectivity index is 2.50. The lowest BCUT2D eigenvalue weighted by molar-refractivity contribution is -0.115. The number of halogens is 1. The van der Waals surface area contributed by atoms with E-state index in [4.69, 9.17) is 21.7 Å². The van der Waals surface area contributed by atoms with Gasteiger partial charge in [0, 0.05) is 10.0 Å². The normalized spacial score (nSPS) is 16.7. The number of rotatable bonds is 3. The Labute approximate surface area is 128 Å². The van der Waals surface area contributed by atoms with Gasteiger partial charge >= 0.3 is 0 Å². The second-order valence-corrected chi connectivity index (χ2v) is 6.22. The highest BCUT2D eigenvalue weighted by atomic mass is 79.9. The van der Waals surface area contributed by atoms with Crippen molar-refractivity contribution in [2.75, 3.05) is 14.2 Å². The van der Waals surface area contributed by atoms with Gasteiger partial charge in [0.15, 0.2) is 11.5 Å². The number of hydrogen-bond acceptors (Lipinski definition) is 5. The molecule has 1 N–H and O–H groups in total. The molecule has 0 bridgehead atoms. The van der Waals surface area contributed by atoms with E-state index in [0.29, 0.717) is 20.7 Å². The van der Waals surface area contributed by atoms with Gasteiger partial charge in [0.05, 0.1) is 19.1 Å². The lowest BCUT2D eigenvalue weighted by atomic mass is 10.1. The summed E-state index contributed by atoms with van der Waals surface area (Å²) in [5, 5.41) is 2.57. The Kier molecular flexibility index (Phi) is 4.49. The molecule has 0 unspecified atom stereocenters. The van der Waals surface area contributed by atoms with Gasteiger partial charge in [-0.2, -0.15) is 0 Å². The van der Waals surface area contributed by atoms with Crippen LogP contribution in [-0.4, -0.2) is 24.4 Å². The van der Waals surface area contributed by atoms with Crippen molar-refractivity contribution in [3.63, 3.8) is 0 Å². The number of benzene rings is 1. The summed E-state index contributed by atoms with van der Waals surface area (Å²) >= 11 is 9.57. The second kappa shape index (κ2) is 5.94. The van der Waals surface area contributed by atoms with Crippen LogP contribution in [0.2, 0.25) is 0 Å². The lowest BCUT2D eigenvalue weighted by Crippen LogP contribution is -2.17. The molecule has 0 radical (unpaired) electrons. The fraction of sp³-hybridized carbons (Fsp3) is 0.167. The van der Waals surface area contributed by atoms with Crippen molar-refractivity contribution in [2.24, 2.45) is 0 Å². The number of thiocarbonyl (C=S) groups is 1. The molecule has 1 aromatic rings. The fourth-order valence-corrected chi connectivity index (χ4v) is 3.12. The number of ether oxygens (including phenoxy) is 2. The van der Waals surface area contributed by atoms with E-state index < -0.39 is 0 Å². The number of amides is 1. The Bertz CT molecular complexity index is 587. The van der Waals surface area contributed by atoms with E-state index >= 15 is 0 Å². The molecule has 4 nitrogen and oxygen atoms in total. The third-order valence-electron chi connectivity index (χ3n) is 2.40. The molecule has 0 aliphatic carbocycles. The predicted octanol–water partition coefficient (Wildman–Crippen LogP) is 2.96. The van der Waals surface area contributed by atoms with Gasteiger partial charge in [-0.05, 0) is 18.2 Å². The van der Waals surface area contributed by atoms with E-state index in [9.17, 15) is 4.79 Å². The zero-order valence-electron chi connectivity index (χ0n) is 10.2. The van der Waals surface area contributed by atoms with Crippen LogP contribution >= 0.6 is 39.9 Å². The minimum Gasteiger partial charge on any atom is -0.493 e. The third kappa shape index (κ3) is 3.10.